The van der Waals surface area contributed by atoms with Crippen LogP contribution in [0, 0.1) is 0 Å². The molecule has 0 aliphatic rings. The Kier molecular flexibility index (Phi) is 10.9. The number of halogens is 1. The maximum absolute atomic E-state index is 11.8. The summed E-state index contributed by atoms with van der Waals surface area (Å²) in [7, 11) is 1.64. The van der Waals surface area contributed by atoms with Crippen LogP contribution in [0.3, 0.4) is 0 Å². The molecule has 0 unspecified atom stereocenters. The number of benzene rings is 2. The van der Waals surface area contributed by atoms with Crippen molar-refractivity contribution >= 4 is 35.8 Å². The summed E-state index contributed by atoms with van der Waals surface area (Å²) in [6, 6.07) is 17.9. The number of hydrogen-bond acceptors (Lipinski definition) is 3. The Morgan fingerprint density at radius 1 is 0.963 bits per heavy atom. The van der Waals surface area contributed by atoms with E-state index in [0.717, 1.165) is 18.6 Å². The predicted molar refractivity (Wildman–Crippen MR) is 120 cm³/mol. The van der Waals surface area contributed by atoms with E-state index in [4.69, 9.17) is 10.5 Å². The maximum atomic E-state index is 11.8. The highest BCUT2D eigenvalue weighted by molar-refractivity contribution is 14.0. The van der Waals surface area contributed by atoms with Crippen LogP contribution >= 0.6 is 24.0 Å². The van der Waals surface area contributed by atoms with Gasteiger partial charge in [-0.15, -0.1) is 24.0 Å². The van der Waals surface area contributed by atoms with Gasteiger partial charge in [0.2, 0.25) is 5.91 Å². The zero-order valence-electron chi connectivity index (χ0n) is 15.5. The molecule has 0 aliphatic carbocycles. The third-order valence-electron chi connectivity index (χ3n) is 3.85. The lowest BCUT2D eigenvalue weighted by Crippen LogP contribution is -2.35. The Balaban J connectivity index is 0.00000364. The van der Waals surface area contributed by atoms with E-state index in [9.17, 15) is 4.79 Å². The van der Waals surface area contributed by atoms with Gasteiger partial charge in [0.1, 0.15) is 12.3 Å². The van der Waals surface area contributed by atoms with Gasteiger partial charge < -0.3 is 21.1 Å². The molecule has 6 nitrogen and oxygen atoms in total. The first kappa shape index (κ1) is 22.8. The van der Waals surface area contributed by atoms with Crippen molar-refractivity contribution in [1.29, 1.82) is 0 Å². The fourth-order valence-corrected chi connectivity index (χ4v) is 2.39. The van der Waals surface area contributed by atoms with Crippen molar-refractivity contribution in [3.05, 3.63) is 65.7 Å². The SMILES string of the molecule is COc1ccc(CCNC(N)=NCC(=O)NCCc2ccccc2)cc1.I. The van der Waals surface area contributed by atoms with Crippen LogP contribution in [0.1, 0.15) is 11.1 Å². The third-order valence-corrected chi connectivity index (χ3v) is 3.85. The normalized spacial score (nSPS) is 10.6. The van der Waals surface area contributed by atoms with E-state index in [-0.39, 0.29) is 42.4 Å². The van der Waals surface area contributed by atoms with Crippen LogP contribution in [0.5, 0.6) is 5.75 Å². The second-order valence-corrected chi connectivity index (χ2v) is 5.81. The summed E-state index contributed by atoms with van der Waals surface area (Å²) < 4.78 is 5.13. The van der Waals surface area contributed by atoms with Gasteiger partial charge in [-0.25, -0.2) is 4.99 Å². The number of nitrogens with zero attached hydrogens (tertiary/aromatic N) is 1. The second-order valence-electron chi connectivity index (χ2n) is 5.81. The topological polar surface area (TPSA) is 88.7 Å². The summed E-state index contributed by atoms with van der Waals surface area (Å²) in [5, 5.41) is 5.85. The number of methoxy groups -OCH3 is 1. The molecule has 4 N–H and O–H groups in total. The van der Waals surface area contributed by atoms with Gasteiger partial charge in [-0.3, -0.25) is 4.79 Å². The molecule has 0 aromatic heterocycles. The van der Waals surface area contributed by atoms with E-state index in [1.54, 1.807) is 7.11 Å². The van der Waals surface area contributed by atoms with Gasteiger partial charge in [0.25, 0.3) is 0 Å². The number of nitrogens with two attached hydrogens (primary N) is 1. The van der Waals surface area contributed by atoms with Gasteiger partial charge >= 0.3 is 0 Å². The number of nitrogens with one attached hydrogen (secondary N) is 2. The van der Waals surface area contributed by atoms with Crippen molar-refractivity contribution in [1.82, 2.24) is 10.6 Å². The van der Waals surface area contributed by atoms with E-state index in [0.29, 0.717) is 13.1 Å². The van der Waals surface area contributed by atoms with Gasteiger partial charge in [-0.05, 0) is 36.1 Å². The third kappa shape index (κ3) is 9.28. The fourth-order valence-electron chi connectivity index (χ4n) is 2.39. The fraction of sp³-hybridized carbons (Fsp3) is 0.300. The number of carbonyl (C=O) groups excluding carboxylic acids is 1. The highest BCUT2D eigenvalue weighted by Crippen LogP contribution is 2.11. The average Bonchev–Trinajstić information content (AvgIpc) is 2.68. The molecule has 2 rings (SSSR count). The Hall–Kier alpha value is -2.29. The molecule has 0 bridgehead atoms. The van der Waals surface area contributed by atoms with Crippen molar-refractivity contribution in [2.45, 2.75) is 12.8 Å². The predicted octanol–water partition coefficient (Wildman–Crippen LogP) is 2.12. The molecule has 0 fully saturated rings. The monoisotopic (exact) mass is 482 g/mol. The van der Waals surface area contributed by atoms with Crippen molar-refractivity contribution in [2.24, 2.45) is 10.7 Å². The maximum Gasteiger partial charge on any atom is 0.241 e. The molecule has 146 valence electrons. The van der Waals surface area contributed by atoms with E-state index in [1.807, 2.05) is 54.6 Å². The Morgan fingerprint density at radius 3 is 2.19 bits per heavy atom. The minimum absolute atomic E-state index is 0. The molecular formula is C20H27IN4O2. The molecule has 0 saturated carbocycles. The first-order valence-corrected chi connectivity index (χ1v) is 8.64. The van der Waals surface area contributed by atoms with Crippen LogP contribution in [0.25, 0.3) is 0 Å². The van der Waals surface area contributed by atoms with Crippen molar-refractivity contribution < 1.29 is 9.53 Å². The molecule has 7 heteroatoms. The van der Waals surface area contributed by atoms with Crippen molar-refractivity contribution in [3.63, 3.8) is 0 Å². The van der Waals surface area contributed by atoms with Crippen LogP contribution in [0.15, 0.2) is 59.6 Å². The number of aliphatic imine (C=N–C) groups is 1. The first-order valence-electron chi connectivity index (χ1n) is 8.64. The molecule has 2 aromatic carbocycles. The zero-order chi connectivity index (χ0) is 18.6. The number of ether oxygens (including phenoxy) is 1. The summed E-state index contributed by atoms with van der Waals surface area (Å²) in [6.07, 6.45) is 1.61. The molecule has 0 radical (unpaired) electrons. The smallest absolute Gasteiger partial charge is 0.241 e. The lowest BCUT2D eigenvalue weighted by Gasteiger charge is -2.07. The molecule has 0 spiro atoms. The molecular weight excluding hydrogens is 455 g/mol. The molecule has 0 heterocycles. The van der Waals surface area contributed by atoms with Crippen LogP contribution in [-0.2, 0) is 17.6 Å². The second kappa shape index (κ2) is 13.0. The van der Waals surface area contributed by atoms with Crippen LogP contribution in [0.2, 0.25) is 0 Å². The molecule has 2 aromatic rings. The lowest BCUT2D eigenvalue weighted by atomic mass is 10.1. The summed E-state index contributed by atoms with van der Waals surface area (Å²) in [5.74, 6) is 0.971. The standard InChI is InChI=1S/C20H26N4O2.HI/c1-26-18-9-7-17(8-10-18)12-14-23-20(21)24-15-19(25)22-13-11-16-5-3-2-4-6-16;/h2-10H,11-15H2,1H3,(H,22,25)(H3,21,23,24);1H. The number of hydrogen-bond donors (Lipinski definition) is 3. The van der Waals surface area contributed by atoms with Crippen LogP contribution < -0.4 is 21.1 Å². The number of carbonyl (C=O) groups is 1. The van der Waals surface area contributed by atoms with Crippen molar-refractivity contribution in [2.75, 3.05) is 26.7 Å². The summed E-state index contributed by atoms with van der Waals surface area (Å²) in [6.45, 7) is 1.26. The van der Waals surface area contributed by atoms with Gasteiger partial charge in [0, 0.05) is 13.1 Å². The van der Waals surface area contributed by atoms with Gasteiger partial charge in [0.15, 0.2) is 5.96 Å². The van der Waals surface area contributed by atoms with E-state index in [1.165, 1.54) is 11.1 Å². The van der Waals surface area contributed by atoms with E-state index >= 15 is 0 Å². The summed E-state index contributed by atoms with van der Waals surface area (Å²) >= 11 is 0. The summed E-state index contributed by atoms with van der Waals surface area (Å²) in [5.41, 5.74) is 8.15. The summed E-state index contributed by atoms with van der Waals surface area (Å²) in [4.78, 5) is 15.8. The van der Waals surface area contributed by atoms with E-state index in [2.05, 4.69) is 15.6 Å². The number of amides is 1. The quantitative estimate of drug-likeness (QED) is 0.290. The highest BCUT2D eigenvalue weighted by atomic mass is 127. The van der Waals surface area contributed by atoms with Gasteiger partial charge in [0.05, 0.1) is 7.11 Å². The Morgan fingerprint density at radius 2 is 1.56 bits per heavy atom. The molecule has 0 atom stereocenters. The molecule has 0 saturated heterocycles. The first-order chi connectivity index (χ1) is 12.7. The van der Waals surface area contributed by atoms with Crippen LogP contribution in [0.4, 0.5) is 0 Å². The molecule has 0 aliphatic heterocycles. The van der Waals surface area contributed by atoms with E-state index < -0.39 is 0 Å². The minimum atomic E-state index is -0.138. The number of rotatable bonds is 9. The average molecular weight is 482 g/mol. The lowest BCUT2D eigenvalue weighted by molar-refractivity contribution is -0.119. The highest BCUT2D eigenvalue weighted by Gasteiger charge is 2.01. The molecule has 27 heavy (non-hydrogen) atoms. The minimum Gasteiger partial charge on any atom is -0.497 e. The van der Waals surface area contributed by atoms with Gasteiger partial charge in [-0.1, -0.05) is 42.5 Å². The Labute approximate surface area is 177 Å². The van der Waals surface area contributed by atoms with Crippen LogP contribution in [-0.4, -0.2) is 38.6 Å². The Bertz CT molecular complexity index is 706. The molecule has 1 amide bonds. The zero-order valence-corrected chi connectivity index (χ0v) is 17.8. The largest absolute Gasteiger partial charge is 0.497 e. The van der Waals surface area contributed by atoms with Crippen molar-refractivity contribution in [3.8, 4) is 5.75 Å². The van der Waals surface area contributed by atoms with Gasteiger partial charge in [-0.2, -0.15) is 0 Å². The number of guanidine groups is 1.